The van der Waals surface area contributed by atoms with Crippen molar-refractivity contribution in [2.45, 2.75) is 45.7 Å². The van der Waals surface area contributed by atoms with E-state index in [-0.39, 0.29) is 6.17 Å². The fourth-order valence-electron chi connectivity index (χ4n) is 1.91. The van der Waals surface area contributed by atoms with Gasteiger partial charge in [0.05, 0.1) is 11.9 Å². The summed E-state index contributed by atoms with van der Waals surface area (Å²) in [5, 5.41) is 2.01. The maximum Gasteiger partial charge on any atom is 0.150 e. The Labute approximate surface area is 115 Å². The van der Waals surface area contributed by atoms with Gasteiger partial charge in [-0.25, -0.2) is 5.43 Å². The summed E-state index contributed by atoms with van der Waals surface area (Å²) in [4.78, 5) is 10.7. The van der Waals surface area contributed by atoms with Crippen LogP contribution in [0.5, 0.6) is 0 Å². The average Bonchev–Trinajstić information content (AvgIpc) is 2.44. The van der Waals surface area contributed by atoms with Gasteiger partial charge in [-0.1, -0.05) is 26.7 Å². The minimum atomic E-state index is -0.0519. The Balaban J connectivity index is 2.77. The van der Waals surface area contributed by atoms with E-state index in [1.807, 2.05) is 29.3 Å². The number of benzene rings is 1. The van der Waals surface area contributed by atoms with E-state index in [4.69, 9.17) is 5.73 Å². The van der Waals surface area contributed by atoms with E-state index in [0.29, 0.717) is 5.56 Å². The summed E-state index contributed by atoms with van der Waals surface area (Å²) >= 11 is 0. The molecule has 1 atom stereocenters. The zero-order valence-electron chi connectivity index (χ0n) is 11.9. The number of aldehydes is 1. The molecule has 19 heavy (non-hydrogen) atoms. The monoisotopic (exact) mass is 263 g/mol. The Morgan fingerprint density at radius 1 is 1.26 bits per heavy atom. The molecule has 1 aromatic rings. The van der Waals surface area contributed by atoms with Crippen molar-refractivity contribution >= 4 is 12.0 Å². The fourth-order valence-corrected chi connectivity index (χ4v) is 1.91. The minimum Gasteiger partial charge on any atom is -0.310 e. The standard InChI is InChI=1S/C15H25N3O/c1-3-5-11-17-18(15(16)6-4-2)14-9-7-13(12-19)8-10-14/h7-10,12,15,17H,3-6,11,16H2,1-2H3. The smallest absolute Gasteiger partial charge is 0.150 e. The molecule has 0 aliphatic rings. The highest BCUT2D eigenvalue weighted by Crippen LogP contribution is 2.16. The number of unbranched alkanes of at least 4 members (excludes halogenated alkanes) is 1. The van der Waals surface area contributed by atoms with Crippen molar-refractivity contribution in [2.24, 2.45) is 5.73 Å². The molecule has 0 bridgehead atoms. The molecule has 0 fully saturated rings. The fraction of sp³-hybridized carbons (Fsp3) is 0.533. The van der Waals surface area contributed by atoms with Gasteiger partial charge in [-0.3, -0.25) is 9.80 Å². The number of carbonyl (C=O) groups excluding carboxylic acids is 1. The summed E-state index contributed by atoms with van der Waals surface area (Å²) < 4.78 is 0. The molecule has 0 aliphatic carbocycles. The molecule has 1 aromatic carbocycles. The highest BCUT2D eigenvalue weighted by molar-refractivity contribution is 5.75. The average molecular weight is 263 g/mol. The van der Waals surface area contributed by atoms with E-state index in [0.717, 1.165) is 44.2 Å². The van der Waals surface area contributed by atoms with Gasteiger partial charge < -0.3 is 5.73 Å². The topological polar surface area (TPSA) is 58.4 Å². The second kappa shape index (κ2) is 8.67. The molecule has 0 aromatic heterocycles. The first-order chi connectivity index (χ1) is 9.22. The van der Waals surface area contributed by atoms with Gasteiger partial charge in [-0.05, 0) is 37.1 Å². The van der Waals surface area contributed by atoms with Crippen LogP contribution >= 0.6 is 0 Å². The van der Waals surface area contributed by atoms with Gasteiger partial charge in [0.25, 0.3) is 0 Å². The van der Waals surface area contributed by atoms with Crippen LogP contribution in [0, 0.1) is 0 Å². The molecule has 4 nitrogen and oxygen atoms in total. The molecule has 4 heteroatoms. The van der Waals surface area contributed by atoms with Crippen molar-refractivity contribution in [3.63, 3.8) is 0 Å². The molecule has 1 rings (SSSR count). The van der Waals surface area contributed by atoms with Gasteiger partial charge in [-0.15, -0.1) is 0 Å². The number of nitrogens with one attached hydrogen (secondary N) is 1. The van der Waals surface area contributed by atoms with E-state index in [9.17, 15) is 4.79 Å². The number of hydrogen-bond donors (Lipinski definition) is 2. The predicted molar refractivity (Wildman–Crippen MR) is 80.1 cm³/mol. The number of nitrogens with two attached hydrogens (primary N) is 1. The minimum absolute atomic E-state index is 0.0519. The van der Waals surface area contributed by atoms with Crippen molar-refractivity contribution in [2.75, 3.05) is 11.6 Å². The third-order valence-electron chi connectivity index (χ3n) is 3.04. The lowest BCUT2D eigenvalue weighted by Crippen LogP contribution is -2.51. The molecule has 0 amide bonds. The number of nitrogens with zero attached hydrogens (tertiary/aromatic N) is 1. The summed E-state index contributed by atoms with van der Waals surface area (Å²) in [5.74, 6) is 0. The predicted octanol–water partition coefficient (Wildman–Crippen LogP) is 2.70. The number of rotatable bonds is 9. The molecule has 0 saturated carbocycles. The maximum atomic E-state index is 10.7. The zero-order chi connectivity index (χ0) is 14.1. The molecular weight excluding hydrogens is 238 g/mol. The highest BCUT2D eigenvalue weighted by atomic mass is 16.1. The zero-order valence-corrected chi connectivity index (χ0v) is 11.9. The molecule has 0 aliphatic heterocycles. The lowest BCUT2D eigenvalue weighted by Gasteiger charge is -2.31. The van der Waals surface area contributed by atoms with Crippen LogP contribution in [0.25, 0.3) is 0 Å². The summed E-state index contributed by atoms with van der Waals surface area (Å²) in [5.41, 5.74) is 11.3. The molecule has 1 unspecified atom stereocenters. The van der Waals surface area contributed by atoms with Crippen LogP contribution < -0.4 is 16.2 Å². The van der Waals surface area contributed by atoms with E-state index in [2.05, 4.69) is 19.3 Å². The van der Waals surface area contributed by atoms with Crippen LogP contribution in [0.2, 0.25) is 0 Å². The Kier molecular flexibility index (Phi) is 7.15. The van der Waals surface area contributed by atoms with Gasteiger partial charge in [0.2, 0.25) is 0 Å². The molecule has 106 valence electrons. The number of carbonyl (C=O) groups is 1. The third-order valence-corrected chi connectivity index (χ3v) is 3.04. The van der Waals surface area contributed by atoms with E-state index < -0.39 is 0 Å². The van der Waals surface area contributed by atoms with Crippen molar-refractivity contribution in [1.29, 1.82) is 0 Å². The van der Waals surface area contributed by atoms with Crippen LogP contribution in [-0.4, -0.2) is 19.0 Å². The summed E-state index contributed by atoms with van der Waals surface area (Å²) in [6, 6.07) is 7.49. The van der Waals surface area contributed by atoms with Crippen LogP contribution in [-0.2, 0) is 0 Å². The van der Waals surface area contributed by atoms with E-state index >= 15 is 0 Å². The number of anilines is 1. The Morgan fingerprint density at radius 2 is 1.95 bits per heavy atom. The lowest BCUT2D eigenvalue weighted by molar-refractivity contribution is 0.112. The molecular formula is C15H25N3O. The molecule has 0 saturated heterocycles. The first kappa shape index (κ1) is 15.7. The SMILES string of the molecule is CCCCNN(c1ccc(C=O)cc1)C(N)CCC. The van der Waals surface area contributed by atoms with Gasteiger partial charge in [-0.2, -0.15) is 0 Å². The second-order valence-corrected chi connectivity index (χ2v) is 4.70. The van der Waals surface area contributed by atoms with Gasteiger partial charge >= 0.3 is 0 Å². The van der Waals surface area contributed by atoms with E-state index in [1.165, 1.54) is 0 Å². The van der Waals surface area contributed by atoms with E-state index in [1.54, 1.807) is 0 Å². The molecule has 0 radical (unpaired) electrons. The first-order valence-electron chi connectivity index (χ1n) is 7.06. The highest BCUT2D eigenvalue weighted by Gasteiger charge is 2.13. The van der Waals surface area contributed by atoms with Crippen LogP contribution in [0.1, 0.15) is 49.9 Å². The van der Waals surface area contributed by atoms with Gasteiger partial charge in [0, 0.05) is 12.1 Å². The van der Waals surface area contributed by atoms with Crippen LogP contribution in [0.4, 0.5) is 5.69 Å². The normalized spacial score (nSPS) is 12.2. The molecule has 0 spiro atoms. The molecule has 3 N–H and O–H groups in total. The maximum absolute atomic E-state index is 10.7. The Bertz CT molecular complexity index is 364. The van der Waals surface area contributed by atoms with Crippen molar-refractivity contribution in [3.05, 3.63) is 29.8 Å². The quantitative estimate of drug-likeness (QED) is 0.311. The lowest BCUT2D eigenvalue weighted by atomic mass is 10.2. The van der Waals surface area contributed by atoms with Crippen molar-refractivity contribution in [1.82, 2.24) is 5.43 Å². The largest absolute Gasteiger partial charge is 0.310 e. The summed E-state index contributed by atoms with van der Waals surface area (Å²) in [6.07, 6.45) is 5.03. The third kappa shape index (κ3) is 5.01. The van der Waals surface area contributed by atoms with Gasteiger partial charge in [0.15, 0.2) is 0 Å². The van der Waals surface area contributed by atoms with Crippen molar-refractivity contribution in [3.8, 4) is 0 Å². The van der Waals surface area contributed by atoms with Crippen molar-refractivity contribution < 1.29 is 4.79 Å². The van der Waals surface area contributed by atoms with Crippen LogP contribution in [0.3, 0.4) is 0 Å². The first-order valence-corrected chi connectivity index (χ1v) is 7.06. The Hall–Kier alpha value is -1.39. The van der Waals surface area contributed by atoms with Crippen LogP contribution in [0.15, 0.2) is 24.3 Å². The number of hydrogen-bond acceptors (Lipinski definition) is 4. The van der Waals surface area contributed by atoms with Gasteiger partial charge in [0.1, 0.15) is 6.29 Å². The summed E-state index contributed by atoms with van der Waals surface area (Å²) in [7, 11) is 0. The second-order valence-electron chi connectivity index (χ2n) is 4.70. The summed E-state index contributed by atoms with van der Waals surface area (Å²) in [6.45, 7) is 5.19. The molecule has 0 heterocycles. The number of hydrazine groups is 1. The Morgan fingerprint density at radius 3 is 2.47 bits per heavy atom.